The number of piperidine rings is 1. The quantitative estimate of drug-likeness (QED) is 0.699. The second-order valence-electron chi connectivity index (χ2n) is 7.90. The summed E-state index contributed by atoms with van der Waals surface area (Å²) in [7, 11) is 0. The van der Waals surface area contributed by atoms with Gasteiger partial charge in [-0.1, -0.05) is 6.92 Å². The summed E-state index contributed by atoms with van der Waals surface area (Å²) in [6.07, 6.45) is 8.48. The Bertz CT molecular complexity index is 1010. The number of hydrogen-bond donors (Lipinski definition) is 1. The number of nitrogens with zero attached hydrogens (tertiary/aromatic N) is 7. The summed E-state index contributed by atoms with van der Waals surface area (Å²) in [6, 6.07) is 0.0634. The van der Waals surface area contributed by atoms with E-state index < -0.39 is 0 Å². The van der Waals surface area contributed by atoms with Crippen LogP contribution < -0.4 is 15.1 Å². The van der Waals surface area contributed by atoms with Gasteiger partial charge in [0.15, 0.2) is 10.9 Å². The molecule has 0 saturated carbocycles. The van der Waals surface area contributed by atoms with Gasteiger partial charge in [0.1, 0.15) is 12.0 Å². The van der Waals surface area contributed by atoms with E-state index in [9.17, 15) is 4.79 Å². The highest BCUT2D eigenvalue weighted by atomic mass is 32.1. The van der Waals surface area contributed by atoms with Crippen LogP contribution in [0, 0.1) is 5.92 Å². The Balaban J connectivity index is 1.21. The molecule has 2 fully saturated rings. The molecule has 5 rings (SSSR count). The minimum atomic E-state index is -0.0987. The normalized spacial score (nSPS) is 20.5. The number of nitrogens with one attached hydrogen (secondary N) is 1. The molecule has 1 amide bonds. The third-order valence-corrected chi connectivity index (χ3v) is 6.70. The van der Waals surface area contributed by atoms with Crippen LogP contribution in [0.4, 0.5) is 10.9 Å². The Labute approximate surface area is 172 Å². The van der Waals surface area contributed by atoms with Gasteiger partial charge in [0, 0.05) is 50.0 Å². The fourth-order valence-corrected chi connectivity index (χ4v) is 4.87. The number of aromatic nitrogens is 5. The third kappa shape index (κ3) is 3.64. The van der Waals surface area contributed by atoms with Crippen molar-refractivity contribution in [1.82, 2.24) is 29.9 Å². The number of hydrogen-bond acceptors (Lipinski definition) is 8. The molecule has 0 bridgehead atoms. The van der Waals surface area contributed by atoms with Gasteiger partial charge in [-0.2, -0.15) is 0 Å². The highest BCUT2D eigenvalue weighted by Crippen LogP contribution is 2.26. The average Bonchev–Trinajstić information content (AvgIpc) is 3.48. The Hall–Kier alpha value is -2.75. The SMILES string of the molecule is CC1CCN(c2nc(C(=O)NC3CCN(c4nccn5cnnc45)C3)cs2)CC1. The summed E-state index contributed by atoms with van der Waals surface area (Å²) < 4.78 is 1.85. The van der Waals surface area contributed by atoms with Crippen molar-refractivity contribution in [3.05, 3.63) is 29.8 Å². The lowest BCUT2D eigenvalue weighted by molar-refractivity contribution is 0.0936. The zero-order valence-electron chi connectivity index (χ0n) is 16.4. The second kappa shape index (κ2) is 7.58. The number of thiazole rings is 1. The highest BCUT2D eigenvalue weighted by Gasteiger charge is 2.28. The monoisotopic (exact) mass is 412 g/mol. The first-order valence-corrected chi connectivity index (χ1v) is 11.0. The lowest BCUT2D eigenvalue weighted by Crippen LogP contribution is -2.37. The molecule has 10 heteroatoms. The fourth-order valence-electron chi connectivity index (χ4n) is 4.01. The van der Waals surface area contributed by atoms with Crippen LogP contribution in [0.3, 0.4) is 0 Å². The maximum atomic E-state index is 12.7. The van der Waals surface area contributed by atoms with E-state index in [-0.39, 0.29) is 11.9 Å². The summed E-state index contributed by atoms with van der Waals surface area (Å²) in [6.45, 7) is 5.86. The molecule has 9 nitrogen and oxygen atoms in total. The van der Waals surface area contributed by atoms with Crippen molar-refractivity contribution in [2.24, 2.45) is 5.92 Å². The number of anilines is 2. The second-order valence-corrected chi connectivity index (χ2v) is 8.74. The summed E-state index contributed by atoms with van der Waals surface area (Å²) in [4.78, 5) is 26.2. The smallest absolute Gasteiger partial charge is 0.271 e. The van der Waals surface area contributed by atoms with E-state index in [1.807, 2.05) is 16.0 Å². The topological polar surface area (TPSA) is 91.6 Å². The predicted octanol–water partition coefficient (Wildman–Crippen LogP) is 1.83. The molecule has 5 heterocycles. The highest BCUT2D eigenvalue weighted by molar-refractivity contribution is 7.13. The lowest BCUT2D eigenvalue weighted by Gasteiger charge is -2.29. The van der Waals surface area contributed by atoms with Gasteiger partial charge >= 0.3 is 0 Å². The first kappa shape index (κ1) is 18.3. The molecule has 2 saturated heterocycles. The van der Waals surface area contributed by atoms with Gasteiger partial charge in [-0.25, -0.2) is 9.97 Å². The molecule has 1 atom stereocenters. The van der Waals surface area contributed by atoms with E-state index in [0.717, 1.165) is 48.6 Å². The molecule has 1 unspecified atom stereocenters. The van der Waals surface area contributed by atoms with Crippen LogP contribution in [0.25, 0.3) is 5.65 Å². The van der Waals surface area contributed by atoms with Crippen molar-refractivity contribution in [3.63, 3.8) is 0 Å². The van der Waals surface area contributed by atoms with Crippen molar-refractivity contribution in [2.45, 2.75) is 32.2 Å². The molecule has 2 aliphatic heterocycles. The molecule has 3 aromatic rings. The Morgan fingerprint density at radius 3 is 2.90 bits per heavy atom. The van der Waals surface area contributed by atoms with Crippen LogP contribution in [-0.2, 0) is 0 Å². The largest absolute Gasteiger partial charge is 0.351 e. The van der Waals surface area contributed by atoms with Gasteiger partial charge in [-0.15, -0.1) is 21.5 Å². The van der Waals surface area contributed by atoms with E-state index >= 15 is 0 Å². The van der Waals surface area contributed by atoms with Gasteiger partial charge in [0.2, 0.25) is 5.65 Å². The van der Waals surface area contributed by atoms with Crippen molar-refractivity contribution >= 4 is 33.8 Å². The fraction of sp³-hybridized carbons (Fsp3) is 0.526. The van der Waals surface area contributed by atoms with Crippen LogP contribution in [0.1, 0.15) is 36.7 Å². The molecular formula is C19H24N8OS. The molecule has 1 N–H and O–H groups in total. The van der Waals surface area contributed by atoms with Crippen molar-refractivity contribution in [2.75, 3.05) is 36.0 Å². The third-order valence-electron chi connectivity index (χ3n) is 5.80. The maximum absolute atomic E-state index is 12.7. The molecule has 0 aromatic carbocycles. The number of fused-ring (bicyclic) bond motifs is 1. The van der Waals surface area contributed by atoms with Crippen LogP contribution >= 0.6 is 11.3 Å². The Morgan fingerprint density at radius 1 is 1.21 bits per heavy atom. The molecule has 0 spiro atoms. The maximum Gasteiger partial charge on any atom is 0.271 e. The van der Waals surface area contributed by atoms with Gasteiger partial charge in [0.05, 0.1) is 0 Å². The summed E-state index contributed by atoms with van der Waals surface area (Å²) in [5.41, 5.74) is 1.25. The van der Waals surface area contributed by atoms with E-state index in [2.05, 4.69) is 42.2 Å². The van der Waals surface area contributed by atoms with Gasteiger partial charge in [-0.3, -0.25) is 9.20 Å². The van der Waals surface area contributed by atoms with Gasteiger partial charge < -0.3 is 15.1 Å². The van der Waals surface area contributed by atoms with Crippen LogP contribution in [0.2, 0.25) is 0 Å². The van der Waals surface area contributed by atoms with E-state index in [1.54, 1.807) is 23.9 Å². The van der Waals surface area contributed by atoms with E-state index in [0.29, 0.717) is 12.2 Å². The Morgan fingerprint density at radius 2 is 2.03 bits per heavy atom. The van der Waals surface area contributed by atoms with Crippen LogP contribution in [0.15, 0.2) is 24.1 Å². The van der Waals surface area contributed by atoms with Crippen LogP contribution in [-0.4, -0.2) is 62.7 Å². The standard InChI is InChI=1S/C19H24N8OS/c1-13-2-6-25(7-3-13)19-23-15(11-29-19)18(28)22-14-4-8-26(10-14)16-17-24-21-12-27(17)9-5-20-16/h5,9,11-14H,2-4,6-8,10H2,1H3,(H,22,28). The minimum Gasteiger partial charge on any atom is -0.351 e. The predicted molar refractivity (Wildman–Crippen MR) is 112 cm³/mol. The zero-order chi connectivity index (χ0) is 19.8. The van der Waals surface area contributed by atoms with Gasteiger partial charge in [0.25, 0.3) is 5.91 Å². The molecule has 0 radical (unpaired) electrons. The lowest BCUT2D eigenvalue weighted by atomic mass is 10.00. The van der Waals surface area contributed by atoms with E-state index in [4.69, 9.17) is 0 Å². The number of carbonyl (C=O) groups excluding carboxylic acids is 1. The van der Waals surface area contributed by atoms with Gasteiger partial charge in [-0.05, 0) is 25.2 Å². The summed E-state index contributed by atoms with van der Waals surface area (Å²) in [5.74, 6) is 1.48. The molecule has 3 aromatic heterocycles. The zero-order valence-corrected chi connectivity index (χ0v) is 17.2. The molecule has 29 heavy (non-hydrogen) atoms. The van der Waals surface area contributed by atoms with Crippen molar-refractivity contribution in [3.8, 4) is 0 Å². The summed E-state index contributed by atoms with van der Waals surface area (Å²) >= 11 is 1.56. The summed E-state index contributed by atoms with van der Waals surface area (Å²) in [5, 5.41) is 14.1. The van der Waals surface area contributed by atoms with Crippen molar-refractivity contribution < 1.29 is 4.79 Å². The minimum absolute atomic E-state index is 0.0634. The Kier molecular flexibility index (Phi) is 4.78. The molecule has 2 aliphatic rings. The molecule has 0 aliphatic carbocycles. The first-order chi connectivity index (χ1) is 14.2. The van der Waals surface area contributed by atoms with Crippen LogP contribution in [0.5, 0.6) is 0 Å². The number of amides is 1. The van der Waals surface area contributed by atoms with Crippen molar-refractivity contribution in [1.29, 1.82) is 0 Å². The first-order valence-electron chi connectivity index (χ1n) is 10.1. The molecule has 152 valence electrons. The average molecular weight is 413 g/mol. The molecular weight excluding hydrogens is 388 g/mol. The van der Waals surface area contributed by atoms with E-state index in [1.165, 1.54) is 12.8 Å². The number of carbonyl (C=O) groups is 1. The number of rotatable bonds is 4.